The first kappa shape index (κ1) is 28.5. The Morgan fingerprint density at radius 2 is 1.62 bits per heavy atom. The summed E-state index contributed by atoms with van der Waals surface area (Å²) in [5.41, 5.74) is 1.14. The van der Waals surface area contributed by atoms with Crippen LogP contribution in [0.1, 0.15) is 57.3 Å². The lowest BCUT2D eigenvalue weighted by molar-refractivity contribution is -0.187. The highest BCUT2D eigenvalue weighted by atomic mass is 19.4. The lowest BCUT2D eigenvalue weighted by atomic mass is 9.79. The van der Waals surface area contributed by atoms with E-state index in [0.29, 0.717) is 6.42 Å². The van der Waals surface area contributed by atoms with Crippen LogP contribution in [0, 0.1) is 5.92 Å². The van der Waals surface area contributed by atoms with Gasteiger partial charge in [-0.25, -0.2) is 4.79 Å². The van der Waals surface area contributed by atoms with Gasteiger partial charge in [0.15, 0.2) is 0 Å². The maximum atomic E-state index is 13.6. The molecule has 208 valence electrons. The molecule has 3 aromatic carbocycles. The minimum absolute atomic E-state index is 0.0220. The Kier molecular flexibility index (Phi) is 8.23. The molecule has 0 aromatic heterocycles. The number of halogens is 3. The number of rotatable bonds is 5. The lowest BCUT2D eigenvalue weighted by Gasteiger charge is -2.44. The summed E-state index contributed by atoms with van der Waals surface area (Å²) < 4.78 is 45.7. The topological polar surface area (TPSA) is 49.9 Å². The SMILES string of the molecule is C[C@@H](OC(=O)N(CC1CCN(C(=O)C(F)(F)F)CC1c1ccccc1)C(C)(C)C)c1cccc2ccccc12. The highest BCUT2D eigenvalue weighted by Crippen LogP contribution is 2.37. The minimum Gasteiger partial charge on any atom is -0.441 e. The number of piperidine rings is 1. The van der Waals surface area contributed by atoms with Crippen LogP contribution in [0.15, 0.2) is 72.8 Å². The molecule has 1 saturated heterocycles. The van der Waals surface area contributed by atoms with Crippen molar-refractivity contribution in [1.29, 1.82) is 0 Å². The van der Waals surface area contributed by atoms with Gasteiger partial charge in [-0.05, 0) is 56.4 Å². The van der Waals surface area contributed by atoms with Crippen molar-refractivity contribution in [2.24, 2.45) is 5.92 Å². The molecule has 0 aliphatic carbocycles. The van der Waals surface area contributed by atoms with Crippen LogP contribution in [0.2, 0.25) is 0 Å². The summed E-state index contributed by atoms with van der Waals surface area (Å²) in [6.07, 6.45) is -5.58. The van der Waals surface area contributed by atoms with Gasteiger partial charge < -0.3 is 14.5 Å². The zero-order valence-electron chi connectivity index (χ0n) is 22.7. The summed E-state index contributed by atoms with van der Waals surface area (Å²) >= 11 is 0. The number of amides is 2. The summed E-state index contributed by atoms with van der Waals surface area (Å²) in [7, 11) is 0. The Morgan fingerprint density at radius 3 is 2.28 bits per heavy atom. The molecule has 1 heterocycles. The van der Waals surface area contributed by atoms with Crippen molar-refractivity contribution < 1.29 is 27.5 Å². The summed E-state index contributed by atoms with van der Waals surface area (Å²) in [6, 6.07) is 23.0. The number of likely N-dealkylation sites (tertiary alicyclic amines) is 1. The molecule has 8 heteroatoms. The van der Waals surface area contributed by atoms with Crippen LogP contribution in [0.3, 0.4) is 0 Å². The number of nitrogens with zero attached hydrogens (tertiary/aromatic N) is 2. The van der Waals surface area contributed by atoms with Crippen molar-refractivity contribution in [3.8, 4) is 0 Å². The molecule has 1 aliphatic heterocycles. The fraction of sp³-hybridized carbons (Fsp3) is 0.419. The van der Waals surface area contributed by atoms with Crippen LogP contribution in [-0.4, -0.2) is 53.1 Å². The number of benzene rings is 3. The second-order valence-corrected chi connectivity index (χ2v) is 11.2. The minimum atomic E-state index is -4.92. The van der Waals surface area contributed by atoms with Gasteiger partial charge >= 0.3 is 18.2 Å². The fourth-order valence-electron chi connectivity index (χ4n) is 5.40. The van der Waals surface area contributed by atoms with Gasteiger partial charge in [-0.1, -0.05) is 72.8 Å². The van der Waals surface area contributed by atoms with Gasteiger partial charge in [-0.3, -0.25) is 4.79 Å². The molecule has 2 amide bonds. The normalized spacial score (nSPS) is 19.0. The molecule has 1 fully saturated rings. The molecular weight excluding hydrogens is 505 g/mol. The van der Waals surface area contributed by atoms with Gasteiger partial charge in [0.2, 0.25) is 0 Å². The van der Waals surface area contributed by atoms with Crippen LogP contribution in [-0.2, 0) is 9.53 Å². The molecule has 0 N–H and O–H groups in total. The molecule has 0 radical (unpaired) electrons. The quantitative estimate of drug-likeness (QED) is 0.340. The zero-order valence-corrected chi connectivity index (χ0v) is 22.7. The van der Waals surface area contributed by atoms with E-state index >= 15 is 0 Å². The van der Waals surface area contributed by atoms with E-state index in [1.165, 1.54) is 0 Å². The van der Waals surface area contributed by atoms with Gasteiger partial charge in [0, 0.05) is 36.7 Å². The third-order valence-corrected chi connectivity index (χ3v) is 7.50. The molecule has 3 atom stereocenters. The number of hydrogen-bond acceptors (Lipinski definition) is 3. The molecule has 39 heavy (non-hydrogen) atoms. The Bertz CT molecular complexity index is 1300. The van der Waals surface area contributed by atoms with Crippen molar-refractivity contribution >= 4 is 22.8 Å². The van der Waals surface area contributed by atoms with E-state index in [4.69, 9.17) is 4.74 Å². The molecular formula is C31H35F3N2O3. The van der Waals surface area contributed by atoms with Crippen molar-refractivity contribution in [2.45, 2.75) is 57.9 Å². The fourth-order valence-corrected chi connectivity index (χ4v) is 5.40. The molecule has 5 nitrogen and oxygen atoms in total. The molecule has 4 rings (SSSR count). The average Bonchev–Trinajstić information content (AvgIpc) is 2.90. The van der Waals surface area contributed by atoms with Crippen LogP contribution >= 0.6 is 0 Å². The number of hydrogen-bond donors (Lipinski definition) is 0. The van der Waals surface area contributed by atoms with Crippen LogP contribution in [0.4, 0.5) is 18.0 Å². The largest absolute Gasteiger partial charge is 0.471 e. The van der Waals surface area contributed by atoms with Crippen LogP contribution in [0.25, 0.3) is 10.8 Å². The summed E-state index contributed by atoms with van der Waals surface area (Å²) in [5.74, 6) is -2.35. The third kappa shape index (κ3) is 6.54. The number of alkyl halides is 3. The molecule has 0 spiro atoms. The maximum Gasteiger partial charge on any atom is 0.471 e. The van der Waals surface area contributed by atoms with Gasteiger partial charge in [-0.2, -0.15) is 13.2 Å². The summed E-state index contributed by atoms with van der Waals surface area (Å²) in [5, 5.41) is 2.06. The monoisotopic (exact) mass is 540 g/mol. The van der Waals surface area contributed by atoms with E-state index in [1.807, 2.05) is 100 Å². The highest BCUT2D eigenvalue weighted by Gasteiger charge is 2.46. The van der Waals surface area contributed by atoms with E-state index in [1.54, 1.807) is 4.90 Å². The lowest BCUT2D eigenvalue weighted by Crippen LogP contribution is -2.53. The Labute approximate surface area is 227 Å². The third-order valence-electron chi connectivity index (χ3n) is 7.50. The van der Waals surface area contributed by atoms with Crippen molar-refractivity contribution in [2.75, 3.05) is 19.6 Å². The molecule has 1 aliphatic rings. The van der Waals surface area contributed by atoms with Gasteiger partial charge in [0.1, 0.15) is 6.10 Å². The first-order valence-corrected chi connectivity index (χ1v) is 13.2. The summed E-state index contributed by atoms with van der Waals surface area (Å²) in [4.78, 5) is 28.2. The number of fused-ring (bicyclic) bond motifs is 1. The Hall–Kier alpha value is -3.55. The number of ether oxygens (including phenoxy) is 1. The predicted molar refractivity (Wildman–Crippen MR) is 145 cm³/mol. The van der Waals surface area contributed by atoms with Gasteiger partial charge in [0.05, 0.1) is 0 Å². The number of carbonyl (C=O) groups excluding carboxylic acids is 2. The number of carbonyl (C=O) groups is 2. The van der Waals surface area contributed by atoms with E-state index < -0.39 is 29.8 Å². The smallest absolute Gasteiger partial charge is 0.441 e. The van der Waals surface area contributed by atoms with E-state index in [-0.39, 0.29) is 31.5 Å². The summed E-state index contributed by atoms with van der Waals surface area (Å²) in [6.45, 7) is 7.79. The van der Waals surface area contributed by atoms with Gasteiger partial charge in [-0.15, -0.1) is 0 Å². The highest BCUT2D eigenvalue weighted by molar-refractivity contribution is 5.86. The molecule has 0 bridgehead atoms. The second-order valence-electron chi connectivity index (χ2n) is 11.2. The van der Waals surface area contributed by atoms with Crippen LogP contribution in [0.5, 0.6) is 0 Å². The Balaban J connectivity index is 1.57. The molecule has 2 unspecified atom stereocenters. The predicted octanol–water partition coefficient (Wildman–Crippen LogP) is 7.33. The second kappa shape index (κ2) is 11.3. The first-order valence-electron chi connectivity index (χ1n) is 13.2. The standard InChI is InChI=1S/C31H35F3N2O3/c1-21(25-16-10-14-22-13-8-9-15-26(22)25)39-29(38)36(30(2,3)4)19-24-17-18-35(28(37)31(32,33)34)20-27(24)23-11-6-5-7-12-23/h5-16,21,24,27H,17-20H2,1-4H3/t21-,24?,27?/m1/s1. The van der Waals surface area contributed by atoms with Crippen molar-refractivity contribution in [3.05, 3.63) is 83.9 Å². The first-order chi connectivity index (χ1) is 18.4. The van der Waals surface area contributed by atoms with Crippen molar-refractivity contribution in [1.82, 2.24) is 9.80 Å². The Morgan fingerprint density at radius 1 is 0.974 bits per heavy atom. The average molecular weight is 541 g/mol. The van der Waals surface area contributed by atoms with Gasteiger partial charge in [0.25, 0.3) is 0 Å². The zero-order chi connectivity index (χ0) is 28.4. The maximum absolute atomic E-state index is 13.6. The molecule has 3 aromatic rings. The van der Waals surface area contributed by atoms with Crippen molar-refractivity contribution in [3.63, 3.8) is 0 Å². The van der Waals surface area contributed by atoms with E-state index in [2.05, 4.69) is 0 Å². The molecule has 0 saturated carbocycles. The van der Waals surface area contributed by atoms with Crippen LogP contribution < -0.4 is 0 Å². The van der Waals surface area contributed by atoms with E-state index in [0.717, 1.165) is 26.8 Å². The van der Waals surface area contributed by atoms with E-state index in [9.17, 15) is 22.8 Å².